The van der Waals surface area contributed by atoms with Crippen molar-refractivity contribution in [3.63, 3.8) is 0 Å². The van der Waals surface area contributed by atoms with Gasteiger partial charge in [-0.3, -0.25) is 0 Å². The smallest absolute Gasteiger partial charge is 0.0467 e. The highest BCUT2D eigenvalue weighted by atomic mass is 16.5. The molecule has 10 heavy (non-hydrogen) atoms. The molecule has 0 aliphatic heterocycles. The molecule has 2 unspecified atom stereocenters. The minimum absolute atomic E-state index is 0.519. The van der Waals surface area contributed by atoms with Crippen molar-refractivity contribution in [1.82, 2.24) is 0 Å². The van der Waals surface area contributed by atoms with Gasteiger partial charge in [0.05, 0.1) is 0 Å². The predicted octanol–water partition coefficient (Wildman–Crippen LogP) is 1.01. The first-order valence-electron chi connectivity index (χ1n) is 3.92. The SMILES string of the molecule is COCCC1(C)CC1CN. The van der Waals surface area contributed by atoms with Crippen LogP contribution >= 0.6 is 0 Å². The van der Waals surface area contributed by atoms with E-state index in [0.29, 0.717) is 5.41 Å². The largest absolute Gasteiger partial charge is 0.385 e. The van der Waals surface area contributed by atoms with Crippen molar-refractivity contribution in [2.24, 2.45) is 17.1 Å². The van der Waals surface area contributed by atoms with Gasteiger partial charge < -0.3 is 10.5 Å². The molecule has 2 atom stereocenters. The summed E-state index contributed by atoms with van der Waals surface area (Å²) in [4.78, 5) is 0. The fourth-order valence-electron chi connectivity index (χ4n) is 1.51. The van der Waals surface area contributed by atoms with Gasteiger partial charge in [-0.15, -0.1) is 0 Å². The molecule has 0 saturated heterocycles. The third kappa shape index (κ3) is 1.50. The average molecular weight is 143 g/mol. The second-order valence-electron chi connectivity index (χ2n) is 3.53. The first-order chi connectivity index (χ1) is 4.73. The van der Waals surface area contributed by atoms with Crippen molar-refractivity contribution >= 4 is 0 Å². The molecule has 0 aromatic heterocycles. The molecule has 0 radical (unpaired) electrons. The highest BCUT2D eigenvalue weighted by Crippen LogP contribution is 2.53. The lowest BCUT2D eigenvalue weighted by molar-refractivity contribution is 0.172. The molecule has 0 amide bonds. The Balaban J connectivity index is 2.16. The number of methoxy groups -OCH3 is 1. The predicted molar refractivity (Wildman–Crippen MR) is 41.8 cm³/mol. The number of rotatable bonds is 4. The van der Waals surface area contributed by atoms with E-state index < -0.39 is 0 Å². The monoisotopic (exact) mass is 143 g/mol. The molecule has 1 saturated carbocycles. The van der Waals surface area contributed by atoms with Crippen LogP contribution < -0.4 is 5.73 Å². The van der Waals surface area contributed by atoms with Crippen molar-refractivity contribution in [3.05, 3.63) is 0 Å². The Labute approximate surface area is 62.7 Å². The molecule has 0 aromatic rings. The minimum Gasteiger partial charge on any atom is -0.385 e. The molecule has 0 bridgehead atoms. The van der Waals surface area contributed by atoms with Crippen molar-refractivity contribution in [2.45, 2.75) is 19.8 Å². The van der Waals surface area contributed by atoms with Crippen molar-refractivity contribution in [2.75, 3.05) is 20.3 Å². The fraction of sp³-hybridized carbons (Fsp3) is 1.00. The molecule has 0 spiro atoms. The van der Waals surface area contributed by atoms with E-state index in [0.717, 1.165) is 19.1 Å². The van der Waals surface area contributed by atoms with Crippen molar-refractivity contribution < 1.29 is 4.74 Å². The van der Waals surface area contributed by atoms with Gasteiger partial charge in [0.1, 0.15) is 0 Å². The first kappa shape index (κ1) is 8.02. The van der Waals surface area contributed by atoms with Gasteiger partial charge in [-0.05, 0) is 30.7 Å². The lowest BCUT2D eigenvalue weighted by Gasteiger charge is -2.08. The lowest BCUT2D eigenvalue weighted by Crippen LogP contribution is -2.09. The molecule has 2 N–H and O–H groups in total. The zero-order valence-corrected chi connectivity index (χ0v) is 6.89. The van der Waals surface area contributed by atoms with E-state index in [1.54, 1.807) is 7.11 Å². The van der Waals surface area contributed by atoms with Gasteiger partial charge in [-0.2, -0.15) is 0 Å². The Morgan fingerprint density at radius 2 is 2.40 bits per heavy atom. The summed E-state index contributed by atoms with van der Waals surface area (Å²) in [5.74, 6) is 0.766. The van der Waals surface area contributed by atoms with Gasteiger partial charge in [0.25, 0.3) is 0 Å². The van der Waals surface area contributed by atoms with Crippen LogP contribution in [0.5, 0.6) is 0 Å². The Morgan fingerprint density at radius 1 is 1.70 bits per heavy atom. The molecule has 2 heteroatoms. The van der Waals surface area contributed by atoms with Gasteiger partial charge in [0.2, 0.25) is 0 Å². The maximum Gasteiger partial charge on any atom is 0.0467 e. The zero-order chi connectivity index (χ0) is 7.61. The molecule has 2 nitrogen and oxygen atoms in total. The third-order valence-corrected chi connectivity index (χ3v) is 2.70. The molecule has 0 heterocycles. The van der Waals surface area contributed by atoms with Crippen LogP contribution in [-0.2, 0) is 4.74 Å². The second-order valence-corrected chi connectivity index (χ2v) is 3.53. The standard InChI is InChI=1S/C8H17NO/c1-8(3-4-10-2)5-7(8)6-9/h7H,3-6,9H2,1-2H3. The van der Waals surface area contributed by atoms with Crippen LogP contribution in [0.15, 0.2) is 0 Å². The van der Waals surface area contributed by atoms with Crippen LogP contribution in [-0.4, -0.2) is 20.3 Å². The topological polar surface area (TPSA) is 35.2 Å². The summed E-state index contributed by atoms with van der Waals surface area (Å²) in [7, 11) is 1.75. The maximum absolute atomic E-state index is 5.54. The van der Waals surface area contributed by atoms with Crippen LogP contribution in [0, 0.1) is 11.3 Å². The Morgan fingerprint density at radius 3 is 2.80 bits per heavy atom. The summed E-state index contributed by atoms with van der Waals surface area (Å²) in [5.41, 5.74) is 6.06. The Hall–Kier alpha value is -0.0800. The Bertz CT molecular complexity index is 116. The molecule has 1 fully saturated rings. The molecule has 1 rings (SSSR count). The zero-order valence-electron chi connectivity index (χ0n) is 6.89. The highest BCUT2D eigenvalue weighted by molar-refractivity contribution is 4.98. The van der Waals surface area contributed by atoms with Crippen LogP contribution in [0.25, 0.3) is 0 Å². The van der Waals surface area contributed by atoms with Gasteiger partial charge in [-0.25, -0.2) is 0 Å². The van der Waals surface area contributed by atoms with Crippen LogP contribution in [0.3, 0.4) is 0 Å². The lowest BCUT2D eigenvalue weighted by atomic mass is 10.0. The van der Waals surface area contributed by atoms with E-state index in [1.165, 1.54) is 12.8 Å². The highest BCUT2D eigenvalue weighted by Gasteiger charge is 2.47. The summed E-state index contributed by atoms with van der Waals surface area (Å²) in [6, 6.07) is 0. The van der Waals surface area contributed by atoms with Crippen molar-refractivity contribution in [3.8, 4) is 0 Å². The summed E-state index contributed by atoms with van der Waals surface area (Å²) < 4.78 is 5.01. The number of hydrogen-bond acceptors (Lipinski definition) is 2. The normalized spacial score (nSPS) is 38.1. The molecular formula is C8H17NO. The summed E-state index contributed by atoms with van der Waals surface area (Å²) in [5, 5.41) is 0. The van der Waals surface area contributed by atoms with Crippen LogP contribution in [0.2, 0.25) is 0 Å². The molecule has 1 aliphatic rings. The van der Waals surface area contributed by atoms with Crippen molar-refractivity contribution in [1.29, 1.82) is 0 Å². The first-order valence-corrected chi connectivity index (χ1v) is 3.92. The number of ether oxygens (including phenoxy) is 1. The summed E-state index contributed by atoms with van der Waals surface area (Å²) in [6.07, 6.45) is 2.47. The molecule has 1 aliphatic carbocycles. The molecule has 0 aromatic carbocycles. The summed E-state index contributed by atoms with van der Waals surface area (Å²) >= 11 is 0. The van der Waals surface area contributed by atoms with Gasteiger partial charge in [0, 0.05) is 13.7 Å². The number of hydrogen-bond donors (Lipinski definition) is 1. The molecular weight excluding hydrogens is 126 g/mol. The third-order valence-electron chi connectivity index (χ3n) is 2.70. The van der Waals surface area contributed by atoms with E-state index in [9.17, 15) is 0 Å². The van der Waals surface area contributed by atoms with Gasteiger partial charge in [-0.1, -0.05) is 6.92 Å². The minimum atomic E-state index is 0.519. The summed E-state index contributed by atoms with van der Waals surface area (Å²) in [6.45, 7) is 4.02. The van der Waals surface area contributed by atoms with E-state index in [2.05, 4.69) is 6.92 Å². The Kier molecular flexibility index (Phi) is 2.32. The van der Waals surface area contributed by atoms with Gasteiger partial charge in [0.15, 0.2) is 0 Å². The van der Waals surface area contributed by atoms with E-state index >= 15 is 0 Å². The average Bonchev–Trinajstić information content (AvgIpc) is 2.59. The van der Waals surface area contributed by atoms with E-state index in [4.69, 9.17) is 10.5 Å². The van der Waals surface area contributed by atoms with E-state index in [1.807, 2.05) is 0 Å². The number of nitrogens with two attached hydrogens (primary N) is 1. The van der Waals surface area contributed by atoms with E-state index in [-0.39, 0.29) is 0 Å². The fourth-order valence-corrected chi connectivity index (χ4v) is 1.51. The molecule has 60 valence electrons. The maximum atomic E-state index is 5.54. The quantitative estimate of drug-likeness (QED) is 0.637. The van der Waals surface area contributed by atoms with Gasteiger partial charge >= 0.3 is 0 Å². The van der Waals surface area contributed by atoms with Crippen LogP contribution in [0.1, 0.15) is 19.8 Å². The van der Waals surface area contributed by atoms with Crippen LogP contribution in [0.4, 0.5) is 0 Å². The second kappa shape index (κ2) is 2.89.